The number of hydrogen-bond donors (Lipinski definition) is 1. The molecule has 1 atom stereocenters. The molecule has 1 N–H and O–H groups in total. The van der Waals surface area contributed by atoms with Crippen molar-refractivity contribution in [2.45, 2.75) is 25.5 Å². The van der Waals surface area contributed by atoms with Crippen molar-refractivity contribution >= 4 is 5.91 Å². The second-order valence-electron chi connectivity index (χ2n) is 5.22. The Hall–Kier alpha value is -2.63. The highest BCUT2D eigenvalue weighted by Gasteiger charge is 2.19. The normalized spacial score (nSPS) is 16.5. The van der Waals surface area contributed by atoms with E-state index in [4.69, 9.17) is 4.74 Å². The van der Waals surface area contributed by atoms with Gasteiger partial charge in [0.1, 0.15) is 18.4 Å². The molecule has 0 aliphatic carbocycles. The minimum absolute atomic E-state index is 0.0318. The molecule has 1 aromatic heterocycles. The van der Waals surface area contributed by atoms with Crippen LogP contribution in [-0.2, 0) is 17.8 Å². The molecule has 0 spiro atoms. The van der Waals surface area contributed by atoms with Gasteiger partial charge in [-0.1, -0.05) is 18.2 Å². The Kier molecular flexibility index (Phi) is 4.18. The Morgan fingerprint density at radius 3 is 3.09 bits per heavy atom. The highest BCUT2D eigenvalue weighted by molar-refractivity contribution is 5.75. The zero-order chi connectivity index (χ0) is 15.4. The average molecular weight is 299 g/mol. The van der Waals surface area contributed by atoms with E-state index in [2.05, 4.69) is 16.4 Å². The molecular weight excluding hydrogens is 282 g/mol. The van der Waals surface area contributed by atoms with Gasteiger partial charge in [0.05, 0.1) is 6.54 Å². The number of aryl methyl sites for hydroxylation is 1. The fourth-order valence-electron chi connectivity index (χ4n) is 2.47. The van der Waals surface area contributed by atoms with E-state index in [9.17, 15) is 9.59 Å². The summed E-state index contributed by atoms with van der Waals surface area (Å²) >= 11 is 0. The molecule has 1 amide bonds. The van der Waals surface area contributed by atoms with Gasteiger partial charge in [-0.25, -0.2) is 9.78 Å². The van der Waals surface area contributed by atoms with Crippen LogP contribution in [0.2, 0.25) is 0 Å². The Morgan fingerprint density at radius 1 is 1.36 bits per heavy atom. The molecule has 6 nitrogen and oxygen atoms in total. The van der Waals surface area contributed by atoms with Crippen LogP contribution in [-0.4, -0.2) is 28.1 Å². The quantitative estimate of drug-likeness (QED) is 0.904. The minimum Gasteiger partial charge on any atom is -0.488 e. The number of para-hydroxylation sites is 1. The monoisotopic (exact) mass is 299 g/mol. The Balaban J connectivity index is 1.52. The van der Waals surface area contributed by atoms with Gasteiger partial charge in [0.25, 0.3) is 0 Å². The Labute approximate surface area is 127 Å². The summed E-state index contributed by atoms with van der Waals surface area (Å²) in [6.45, 7) is 0.401. The van der Waals surface area contributed by atoms with Crippen molar-refractivity contribution in [3.8, 4) is 5.75 Å². The lowest BCUT2D eigenvalue weighted by Gasteiger charge is -2.26. The molecule has 0 saturated carbocycles. The van der Waals surface area contributed by atoms with Gasteiger partial charge < -0.3 is 10.1 Å². The largest absolute Gasteiger partial charge is 0.488 e. The number of rotatable bonds is 4. The third kappa shape index (κ3) is 3.33. The molecule has 0 saturated heterocycles. The molecule has 2 aromatic rings. The van der Waals surface area contributed by atoms with Gasteiger partial charge in [0, 0.05) is 12.4 Å². The molecule has 6 heteroatoms. The Morgan fingerprint density at radius 2 is 2.23 bits per heavy atom. The summed E-state index contributed by atoms with van der Waals surface area (Å²) in [5.41, 5.74) is 0.771. The predicted molar refractivity (Wildman–Crippen MR) is 80.7 cm³/mol. The highest BCUT2D eigenvalue weighted by atomic mass is 16.5. The number of amides is 1. The number of nitrogens with one attached hydrogen (secondary N) is 1. The number of ether oxygens (including phenoxy) is 1. The molecular formula is C16H17N3O3. The first-order valence-electron chi connectivity index (χ1n) is 7.25. The fraction of sp³-hybridized carbons (Fsp3) is 0.312. The summed E-state index contributed by atoms with van der Waals surface area (Å²) < 4.78 is 7.13. The molecule has 1 aromatic carbocycles. The second kappa shape index (κ2) is 6.43. The van der Waals surface area contributed by atoms with Crippen LogP contribution in [0.1, 0.15) is 12.0 Å². The zero-order valence-corrected chi connectivity index (χ0v) is 12.1. The van der Waals surface area contributed by atoms with Gasteiger partial charge in [0.15, 0.2) is 0 Å². The van der Waals surface area contributed by atoms with Crippen LogP contribution < -0.4 is 15.7 Å². The number of benzene rings is 1. The minimum atomic E-state index is -0.430. The van der Waals surface area contributed by atoms with Crippen molar-refractivity contribution < 1.29 is 9.53 Å². The molecule has 22 heavy (non-hydrogen) atoms. The van der Waals surface area contributed by atoms with E-state index in [1.807, 2.05) is 18.2 Å². The molecule has 114 valence electrons. The van der Waals surface area contributed by atoms with Gasteiger partial charge in [-0.15, -0.1) is 0 Å². The van der Waals surface area contributed by atoms with Crippen molar-refractivity contribution in [3.05, 3.63) is 58.8 Å². The van der Waals surface area contributed by atoms with Crippen LogP contribution in [0.4, 0.5) is 0 Å². The van der Waals surface area contributed by atoms with E-state index in [0.29, 0.717) is 6.54 Å². The molecule has 1 aliphatic rings. The van der Waals surface area contributed by atoms with Crippen LogP contribution in [0.5, 0.6) is 5.75 Å². The lowest BCUT2D eigenvalue weighted by Crippen LogP contribution is -2.40. The van der Waals surface area contributed by atoms with E-state index in [1.165, 1.54) is 16.3 Å². The van der Waals surface area contributed by atoms with Gasteiger partial charge in [-0.2, -0.15) is 0 Å². The number of fused-ring (bicyclic) bond motifs is 1. The first kappa shape index (κ1) is 14.3. The van der Waals surface area contributed by atoms with Crippen LogP contribution in [0.15, 0.2) is 47.5 Å². The van der Waals surface area contributed by atoms with Crippen molar-refractivity contribution in [2.24, 2.45) is 0 Å². The topological polar surface area (TPSA) is 73.2 Å². The standard InChI is InChI=1S/C16H17N3O3/c20-15(11-19-9-3-8-17-16(19)21)18-10-13-7-6-12-4-1-2-5-14(12)22-13/h1-5,8-9,13H,6-7,10-11H2,(H,18,20)/t13-/m1/s1. The van der Waals surface area contributed by atoms with Crippen LogP contribution >= 0.6 is 0 Å². The first-order valence-corrected chi connectivity index (χ1v) is 7.25. The van der Waals surface area contributed by atoms with Crippen molar-refractivity contribution in [3.63, 3.8) is 0 Å². The molecule has 0 radical (unpaired) electrons. The SMILES string of the molecule is O=C(Cn1cccnc1=O)NC[C@H]1CCc2ccccc2O1. The van der Waals surface area contributed by atoms with Crippen molar-refractivity contribution in [2.75, 3.05) is 6.54 Å². The molecule has 1 aliphatic heterocycles. The molecule has 0 unspecified atom stereocenters. The number of nitrogens with zero attached hydrogens (tertiary/aromatic N) is 2. The molecule has 0 bridgehead atoms. The highest BCUT2D eigenvalue weighted by Crippen LogP contribution is 2.26. The number of hydrogen-bond acceptors (Lipinski definition) is 4. The summed E-state index contributed by atoms with van der Waals surface area (Å²) in [6.07, 6.45) is 4.72. The predicted octanol–water partition coefficient (Wildman–Crippen LogP) is 0.753. The lowest BCUT2D eigenvalue weighted by atomic mass is 10.0. The van der Waals surface area contributed by atoms with Crippen LogP contribution in [0.25, 0.3) is 0 Å². The summed E-state index contributed by atoms with van der Waals surface area (Å²) in [5, 5.41) is 2.81. The van der Waals surface area contributed by atoms with Gasteiger partial charge in [-0.05, 0) is 30.5 Å². The average Bonchev–Trinajstić information content (AvgIpc) is 2.55. The van der Waals surface area contributed by atoms with E-state index in [-0.39, 0.29) is 18.6 Å². The Bertz CT molecular complexity index is 726. The maximum absolute atomic E-state index is 11.9. The van der Waals surface area contributed by atoms with Crippen LogP contribution in [0.3, 0.4) is 0 Å². The van der Waals surface area contributed by atoms with E-state index < -0.39 is 5.69 Å². The van der Waals surface area contributed by atoms with Crippen molar-refractivity contribution in [1.29, 1.82) is 0 Å². The van der Waals surface area contributed by atoms with Gasteiger partial charge in [0.2, 0.25) is 5.91 Å². The summed E-state index contributed by atoms with van der Waals surface area (Å²) in [6, 6.07) is 9.55. The summed E-state index contributed by atoms with van der Waals surface area (Å²) in [5.74, 6) is 0.661. The fourth-order valence-corrected chi connectivity index (χ4v) is 2.47. The lowest BCUT2D eigenvalue weighted by molar-refractivity contribution is -0.122. The number of carbonyl (C=O) groups is 1. The smallest absolute Gasteiger partial charge is 0.347 e. The van der Waals surface area contributed by atoms with E-state index in [1.54, 1.807) is 12.3 Å². The zero-order valence-electron chi connectivity index (χ0n) is 12.1. The maximum atomic E-state index is 11.9. The summed E-state index contributed by atoms with van der Waals surface area (Å²) in [4.78, 5) is 27.0. The number of aromatic nitrogens is 2. The number of carbonyl (C=O) groups excluding carboxylic acids is 1. The van der Waals surface area contributed by atoms with Crippen LogP contribution in [0, 0.1) is 0 Å². The third-order valence-electron chi connectivity index (χ3n) is 3.63. The van der Waals surface area contributed by atoms with E-state index in [0.717, 1.165) is 18.6 Å². The maximum Gasteiger partial charge on any atom is 0.347 e. The summed E-state index contributed by atoms with van der Waals surface area (Å²) in [7, 11) is 0. The third-order valence-corrected chi connectivity index (χ3v) is 3.63. The second-order valence-corrected chi connectivity index (χ2v) is 5.22. The molecule has 2 heterocycles. The first-order chi connectivity index (χ1) is 10.7. The molecule has 3 rings (SSSR count). The molecule has 0 fully saturated rings. The van der Waals surface area contributed by atoms with Gasteiger partial charge in [-0.3, -0.25) is 9.36 Å². The van der Waals surface area contributed by atoms with E-state index >= 15 is 0 Å². The van der Waals surface area contributed by atoms with Gasteiger partial charge >= 0.3 is 5.69 Å². The van der Waals surface area contributed by atoms with Crippen molar-refractivity contribution in [1.82, 2.24) is 14.9 Å².